The van der Waals surface area contributed by atoms with Gasteiger partial charge in [0.05, 0.1) is 0 Å². The highest BCUT2D eigenvalue weighted by molar-refractivity contribution is 5.76. The van der Waals surface area contributed by atoms with Crippen LogP contribution in [0.15, 0.2) is 18.2 Å². The number of nitrogens with one attached hydrogen (secondary N) is 2. The molecule has 3 atom stereocenters. The zero-order chi connectivity index (χ0) is 16.2. The molecule has 0 spiro atoms. The second kappa shape index (κ2) is 7.35. The summed E-state index contributed by atoms with van der Waals surface area (Å²) in [6, 6.07) is 6.92. The maximum Gasteiger partial charge on any atom is 0.221 e. The van der Waals surface area contributed by atoms with E-state index in [1.54, 1.807) is 0 Å². The van der Waals surface area contributed by atoms with E-state index in [9.17, 15) is 4.79 Å². The number of carbonyl (C=O) groups excluding carboxylic acids is 1. The van der Waals surface area contributed by atoms with Gasteiger partial charge in [0.25, 0.3) is 0 Å². The Bertz CT molecular complexity index is 552. The third-order valence-electron chi connectivity index (χ3n) is 4.75. The van der Waals surface area contributed by atoms with Crippen molar-refractivity contribution in [2.75, 3.05) is 6.54 Å². The fourth-order valence-corrected chi connectivity index (χ4v) is 3.66. The number of amides is 1. The van der Waals surface area contributed by atoms with Crippen LogP contribution in [-0.2, 0) is 17.6 Å². The van der Waals surface area contributed by atoms with Gasteiger partial charge in [-0.3, -0.25) is 4.79 Å². The van der Waals surface area contributed by atoms with Gasteiger partial charge in [-0.15, -0.1) is 0 Å². The maximum absolute atomic E-state index is 12.2. The van der Waals surface area contributed by atoms with E-state index in [4.69, 9.17) is 4.74 Å². The third-order valence-corrected chi connectivity index (χ3v) is 4.75. The Morgan fingerprint density at radius 3 is 3.09 bits per heavy atom. The lowest BCUT2D eigenvalue weighted by Gasteiger charge is -2.23. The first-order valence-corrected chi connectivity index (χ1v) is 8.91. The van der Waals surface area contributed by atoms with Gasteiger partial charge in [0.15, 0.2) is 0 Å². The molecule has 0 aliphatic carbocycles. The van der Waals surface area contributed by atoms with Crippen molar-refractivity contribution in [1.82, 2.24) is 10.6 Å². The van der Waals surface area contributed by atoms with Crippen LogP contribution in [-0.4, -0.2) is 30.6 Å². The molecule has 2 heterocycles. The molecule has 0 aromatic heterocycles. The zero-order valence-electron chi connectivity index (χ0n) is 14.2. The number of hydrogen-bond acceptors (Lipinski definition) is 3. The molecule has 4 heteroatoms. The minimum absolute atomic E-state index is 0.156. The van der Waals surface area contributed by atoms with Crippen LogP contribution < -0.4 is 15.4 Å². The fourth-order valence-electron chi connectivity index (χ4n) is 3.66. The third kappa shape index (κ3) is 4.47. The standard InChI is InChI=1S/C19H28N2O2/c1-13(21-19(22)12-17-5-3-4-8-20-17)9-15-6-7-18-16(11-15)10-14(2)23-18/h6-7,11,13-14,17,20H,3-5,8-10,12H2,1-2H3,(H,21,22)/t13-,14?,17+/m1/s1. The Balaban J connectivity index is 1.48. The molecule has 1 unspecified atom stereocenters. The van der Waals surface area contributed by atoms with E-state index in [-0.39, 0.29) is 18.1 Å². The SMILES string of the molecule is CC1Cc2cc(C[C@@H](C)NC(=O)C[C@@H]3CCCCN3)ccc2O1. The highest BCUT2D eigenvalue weighted by Gasteiger charge is 2.20. The predicted molar refractivity (Wildman–Crippen MR) is 91.8 cm³/mol. The summed E-state index contributed by atoms with van der Waals surface area (Å²) in [5, 5.41) is 6.57. The highest BCUT2D eigenvalue weighted by Crippen LogP contribution is 2.29. The molecule has 0 bridgehead atoms. The van der Waals surface area contributed by atoms with Gasteiger partial charge in [0.1, 0.15) is 11.9 Å². The number of rotatable bonds is 5. The van der Waals surface area contributed by atoms with Crippen molar-refractivity contribution in [3.63, 3.8) is 0 Å². The molecule has 2 aliphatic heterocycles. The van der Waals surface area contributed by atoms with E-state index in [1.807, 2.05) is 0 Å². The van der Waals surface area contributed by atoms with Gasteiger partial charge in [-0.2, -0.15) is 0 Å². The molecule has 1 aromatic rings. The minimum Gasteiger partial charge on any atom is -0.490 e. The van der Waals surface area contributed by atoms with E-state index in [2.05, 4.69) is 42.7 Å². The summed E-state index contributed by atoms with van der Waals surface area (Å²) in [5.41, 5.74) is 2.56. The number of benzene rings is 1. The summed E-state index contributed by atoms with van der Waals surface area (Å²) in [4.78, 5) is 12.2. The monoisotopic (exact) mass is 316 g/mol. The van der Waals surface area contributed by atoms with Gasteiger partial charge >= 0.3 is 0 Å². The summed E-state index contributed by atoms with van der Waals surface area (Å²) < 4.78 is 5.74. The Hall–Kier alpha value is -1.55. The molecule has 1 amide bonds. The normalized spacial score (nSPS) is 24.6. The molecule has 2 aliphatic rings. The first kappa shape index (κ1) is 16.3. The molecule has 2 N–H and O–H groups in total. The highest BCUT2D eigenvalue weighted by atomic mass is 16.5. The summed E-state index contributed by atoms with van der Waals surface area (Å²) in [6.45, 7) is 5.23. The lowest BCUT2D eigenvalue weighted by atomic mass is 10.0. The van der Waals surface area contributed by atoms with Gasteiger partial charge in [-0.25, -0.2) is 0 Å². The van der Waals surface area contributed by atoms with Crippen LogP contribution in [0.1, 0.15) is 50.7 Å². The zero-order valence-corrected chi connectivity index (χ0v) is 14.2. The number of carbonyl (C=O) groups is 1. The average Bonchev–Trinajstić information content (AvgIpc) is 2.87. The van der Waals surface area contributed by atoms with Crippen LogP contribution in [0.5, 0.6) is 5.75 Å². The van der Waals surface area contributed by atoms with E-state index < -0.39 is 0 Å². The predicted octanol–water partition coefficient (Wildman–Crippen LogP) is 2.59. The van der Waals surface area contributed by atoms with E-state index >= 15 is 0 Å². The van der Waals surface area contributed by atoms with Crippen molar-refractivity contribution in [3.05, 3.63) is 29.3 Å². The molecule has 0 radical (unpaired) electrons. The number of hydrogen-bond donors (Lipinski definition) is 2. The smallest absolute Gasteiger partial charge is 0.221 e. The first-order chi connectivity index (χ1) is 11.1. The number of fused-ring (bicyclic) bond motifs is 1. The van der Waals surface area contributed by atoms with Crippen molar-refractivity contribution in [2.24, 2.45) is 0 Å². The van der Waals surface area contributed by atoms with Crippen LogP contribution in [0.3, 0.4) is 0 Å². The van der Waals surface area contributed by atoms with Crippen LogP contribution >= 0.6 is 0 Å². The summed E-state index contributed by atoms with van der Waals surface area (Å²) in [5.74, 6) is 1.18. The largest absolute Gasteiger partial charge is 0.490 e. The molecule has 1 aromatic carbocycles. The van der Waals surface area contributed by atoms with Crippen molar-refractivity contribution in [1.29, 1.82) is 0 Å². The molecule has 0 saturated carbocycles. The number of piperidine rings is 1. The number of ether oxygens (including phenoxy) is 1. The quantitative estimate of drug-likeness (QED) is 0.878. The van der Waals surface area contributed by atoms with Crippen LogP contribution in [0.25, 0.3) is 0 Å². The van der Waals surface area contributed by atoms with Crippen LogP contribution in [0.4, 0.5) is 0 Å². The summed E-state index contributed by atoms with van der Waals surface area (Å²) >= 11 is 0. The molecule has 126 valence electrons. The van der Waals surface area contributed by atoms with Gasteiger partial charge in [-0.1, -0.05) is 18.6 Å². The molecular weight excluding hydrogens is 288 g/mol. The Morgan fingerprint density at radius 2 is 2.30 bits per heavy atom. The second-order valence-corrected chi connectivity index (χ2v) is 7.10. The van der Waals surface area contributed by atoms with Gasteiger partial charge in [-0.05, 0) is 56.8 Å². The van der Waals surface area contributed by atoms with Gasteiger partial charge in [0.2, 0.25) is 5.91 Å². The minimum atomic E-state index is 0.156. The average molecular weight is 316 g/mol. The van der Waals surface area contributed by atoms with Crippen molar-refractivity contribution in [3.8, 4) is 5.75 Å². The summed E-state index contributed by atoms with van der Waals surface area (Å²) in [6.07, 6.45) is 6.30. The van der Waals surface area contributed by atoms with Gasteiger partial charge in [0, 0.05) is 24.9 Å². The topological polar surface area (TPSA) is 50.4 Å². The van der Waals surface area contributed by atoms with Crippen molar-refractivity contribution >= 4 is 5.91 Å². The second-order valence-electron chi connectivity index (χ2n) is 7.10. The van der Waals surface area contributed by atoms with Crippen molar-refractivity contribution in [2.45, 2.75) is 70.6 Å². The Labute approximate surface area is 139 Å². The van der Waals surface area contributed by atoms with E-state index in [0.29, 0.717) is 12.5 Å². The molecular formula is C19H28N2O2. The summed E-state index contributed by atoms with van der Waals surface area (Å²) in [7, 11) is 0. The van der Waals surface area contributed by atoms with E-state index in [0.717, 1.165) is 31.6 Å². The molecule has 1 fully saturated rings. The molecule has 1 saturated heterocycles. The Morgan fingerprint density at radius 1 is 1.43 bits per heavy atom. The lowest BCUT2D eigenvalue weighted by Crippen LogP contribution is -2.41. The maximum atomic E-state index is 12.2. The molecule has 23 heavy (non-hydrogen) atoms. The first-order valence-electron chi connectivity index (χ1n) is 8.91. The fraction of sp³-hybridized carbons (Fsp3) is 0.632. The van der Waals surface area contributed by atoms with Crippen LogP contribution in [0.2, 0.25) is 0 Å². The van der Waals surface area contributed by atoms with Gasteiger partial charge < -0.3 is 15.4 Å². The molecule has 4 nitrogen and oxygen atoms in total. The van der Waals surface area contributed by atoms with Crippen molar-refractivity contribution < 1.29 is 9.53 Å². The Kier molecular flexibility index (Phi) is 5.21. The van der Waals surface area contributed by atoms with E-state index in [1.165, 1.54) is 24.0 Å². The van der Waals surface area contributed by atoms with Crippen LogP contribution in [0, 0.1) is 0 Å². The molecule has 3 rings (SSSR count). The lowest BCUT2D eigenvalue weighted by molar-refractivity contribution is -0.122.